The fourth-order valence-corrected chi connectivity index (χ4v) is 2.85. The molecule has 16 nitrogen and oxygen atoms in total. The van der Waals surface area contributed by atoms with Crippen LogP contribution in [0.2, 0.25) is 0 Å². The average molecular weight is 661 g/mol. The van der Waals surface area contributed by atoms with Crippen molar-refractivity contribution in [3.63, 3.8) is 0 Å². The van der Waals surface area contributed by atoms with Crippen LogP contribution in [0, 0.1) is 10.8 Å². The lowest BCUT2D eigenvalue weighted by atomic mass is 9.93. The average Bonchev–Trinajstić information content (AvgIpc) is 3.07. The molecule has 2 amide bonds. The minimum atomic E-state index is -1.03. The maximum Gasteiger partial charge on any atom is 0.508 e. The van der Waals surface area contributed by atoms with Crippen LogP contribution in [-0.4, -0.2) is 108 Å². The van der Waals surface area contributed by atoms with Gasteiger partial charge in [0, 0.05) is 20.6 Å². The Morgan fingerprint density at radius 1 is 0.870 bits per heavy atom. The van der Waals surface area contributed by atoms with Crippen molar-refractivity contribution in [1.29, 1.82) is 0 Å². The van der Waals surface area contributed by atoms with Crippen molar-refractivity contribution in [3.8, 4) is 0 Å². The highest BCUT2D eigenvalue weighted by Gasteiger charge is 2.42. The van der Waals surface area contributed by atoms with E-state index in [0.29, 0.717) is 25.3 Å². The van der Waals surface area contributed by atoms with Crippen molar-refractivity contribution in [1.82, 2.24) is 5.32 Å². The summed E-state index contributed by atoms with van der Waals surface area (Å²) in [5, 5.41) is 13.1. The molecule has 2 saturated heterocycles. The topological polar surface area (TPSA) is 211 Å². The van der Waals surface area contributed by atoms with Gasteiger partial charge in [-0.1, -0.05) is 25.1 Å². The smallest absolute Gasteiger partial charge is 0.465 e. The Bertz CT molecular complexity index is 1090. The van der Waals surface area contributed by atoms with Crippen LogP contribution < -0.4 is 10.6 Å². The van der Waals surface area contributed by atoms with Crippen molar-refractivity contribution >= 4 is 41.8 Å². The first-order valence-electron chi connectivity index (χ1n) is 15.0. The summed E-state index contributed by atoms with van der Waals surface area (Å²) < 4.78 is 39.3. The third kappa shape index (κ3) is 17.8. The Balaban J connectivity index is 0.000000736. The fourth-order valence-electron chi connectivity index (χ4n) is 2.85. The van der Waals surface area contributed by atoms with Gasteiger partial charge in [-0.05, 0) is 39.8 Å². The van der Waals surface area contributed by atoms with Crippen molar-refractivity contribution in [2.45, 2.75) is 41.0 Å². The highest BCUT2D eigenvalue weighted by Crippen LogP contribution is 2.24. The number of para-hydroxylation sites is 1. The molecule has 1 aromatic rings. The number of rotatable bonds is 10. The molecule has 0 bridgehead atoms. The van der Waals surface area contributed by atoms with Crippen molar-refractivity contribution < 1.29 is 68.4 Å². The van der Waals surface area contributed by atoms with Gasteiger partial charge < -0.3 is 53.7 Å². The molecule has 0 unspecified atom stereocenters. The fraction of sp³-hybridized carbons (Fsp3) is 0.600. The van der Waals surface area contributed by atoms with Gasteiger partial charge in [-0.25, -0.2) is 14.4 Å². The van der Waals surface area contributed by atoms with Crippen LogP contribution in [0.3, 0.4) is 0 Å². The molecule has 3 N–H and O–H groups in total. The lowest BCUT2D eigenvalue weighted by molar-refractivity contribution is -0.166. The molecule has 260 valence electrons. The van der Waals surface area contributed by atoms with E-state index in [4.69, 9.17) is 16.0 Å². The van der Waals surface area contributed by atoms with E-state index in [-0.39, 0.29) is 58.9 Å². The zero-order valence-corrected chi connectivity index (χ0v) is 26.9. The minimum Gasteiger partial charge on any atom is -0.465 e. The van der Waals surface area contributed by atoms with Crippen molar-refractivity contribution in [2.24, 2.45) is 10.8 Å². The van der Waals surface area contributed by atoms with Crippen LogP contribution in [0.4, 0.5) is 20.1 Å². The molecule has 0 atom stereocenters. The number of aliphatic hydroxyl groups excluding tert-OH is 1. The van der Waals surface area contributed by atoms with Crippen molar-refractivity contribution in [2.75, 3.05) is 71.8 Å². The molecule has 2 fully saturated rings. The zero-order chi connectivity index (χ0) is 35.7. The first-order valence-corrected chi connectivity index (χ1v) is 14.2. The van der Waals surface area contributed by atoms with E-state index in [1.807, 2.05) is 6.07 Å². The molecule has 0 aliphatic carbocycles. The molecule has 2 heterocycles. The van der Waals surface area contributed by atoms with Gasteiger partial charge in [0.2, 0.25) is 0 Å². The Hall–Kier alpha value is -4.44. The molecule has 2 aliphatic rings. The van der Waals surface area contributed by atoms with Gasteiger partial charge in [0.25, 0.3) is 0 Å². The molecule has 0 aromatic heterocycles. The number of carbonyl (C=O) groups excluding carboxylic acids is 6. The molecule has 0 radical (unpaired) electrons. The predicted octanol–water partition coefficient (Wildman–Crippen LogP) is 2.86. The highest BCUT2D eigenvalue weighted by molar-refractivity contribution is 5.89. The quantitative estimate of drug-likeness (QED) is 0.187. The zero-order valence-electron chi connectivity index (χ0n) is 27.9. The van der Waals surface area contributed by atoms with E-state index in [1.54, 1.807) is 59.1 Å². The second-order valence-corrected chi connectivity index (χ2v) is 9.99. The normalized spacial score (nSPS) is 15.6. The lowest BCUT2D eigenvalue weighted by Crippen LogP contribution is -2.44. The number of benzene rings is 1. The molecule has 1 aromatic carbocycles. The number of cyclic esters (lactones) is 4. The Morgan fingerprint density at radius 3 is 1.74 bits per heavy atom. The number of urea groups is 1. The van der Waals surface area contributed by atoms with E-state index >= 15 is 0 Å². The molecular formula is C30H46N2O14. The Labute approximate surface area is 269 Å². The molecule has 16 heteroatoms. The number of carbonyl (C=O) groups is 6. The summed E-state index contributed by atoms with van der Waals surface area (Å²) in [7, 11) is 1.55. The molecule has 46 heavy (non-hydrogen) atoms. The van der Waals surface area contributed by atoms with E-state index in [1.165, 1.54) is 0 Å². The maximum absolute atomic E-state index is 11.9. The molecule has 0 saturated carbocycles. The van der Waals surface area contributed by atoms with E-state index in [2.05, 4.69) is 34.3 Å². The molecule has 2 aliphatic heterocycles. The van der Waals surface area contributed by atoms with E-state index < -0.39 is 41.1 Å². The van der Waals surface area contributed by atoms with Crippen LogP contribution in [0.5, 0.6) is 0 Å². The number of ether oxygens (including phenoxy) is 7. The van der Waals surface area contributed by atoms with Crippen LogP contribution in [-0.2, 0) is 47.5 Å². The number of hydrogen-bond acceptors (Lipinski definition) is 14. The highest BCUT2D eigenvalue weighted by atomic mass is 16.7. The number of Topliss-reactive ketones (excluding diaryl/α,β-unsaturated/α-hetero) is 1. The second-order valence-electron chi connectivity index (χ2n) is 9.99. The number of esters is 2. The maximum atomic E-state index is 11.9. The number of amides is 2. The molecular weight excluding hydrogens is 612 g/mol. The van der Waals surface area contributed by atoms with Crippen molar-refractivity contribution in [3.05, 3.63) is 30.3 Å². The lowest BCUT2D eigenvalue weighted by Gasteiger charge is -2.29. The summed E-state index contributed by atoms with van der Waals surface area (Å²) in [4.78, 5) is 66.2. The number of hydrogen-bond donors (Lipinski definition) is 3. The molecule has 3 rings (SSSR count). The number of methoxy groups -OCH3 is 1. The van der Waals surface area contributed by atoms with Crippen LogP contribution in [0.15, 0.2) is 30.3 Å². The summed E-state index contributed by atoms with van der Waals surface area (Å²) >= 11 is 0. The van der Waals surface area contributed by atoms with Gasteiger partial charge in [-0.3, -0.25) is 9.59 Å². The number of ketones is 1. The monoisotopic (exact) mass is 660 g/mol. The van der Waals surface area contributed by atoms with Gasteiger partial charge >= 0.3 is 30.3 Å². The Morgan fingerprint density at radius 2 is 1.37 bits per heavy atom. The van der Waals surface area contributed by atoms with Gasteiger partial charge in [0.05, 0.1) is 26.4 Å². The summed E-state index contributed by atoms with van der Waals surface area (Å²) in [5.41, 5.74) is -1.22. The summed E-state index contributed by atoms with van der Waals surface area (Å²) in [6.07, 6.45) is -1.03. The first-order chi connectivity index (χ1) is 22.3. The summed E-state index contributed by atoms with van der Waals surface area (Å²) in [6.45, 7) is 7.53. The predicted molar refractivity (Wildman–Crippen MR) is 162 cm³/mol. The van der Waals surface area contributed by atoms with Crippen LogP contribution in [0.25, 0.3) is 0 Å². The van der Waals surface area contributed by atoms with Crippen LogP contribution >= 0.6 is 0 Å². The minimum absolute atomic E-state index is 0.00454. The van der Waals surface area contributed by atoms with Crippen LogP contribution in [0.1, 0.15) is 42.4 Å². The summed E-state index contributed by atoms with van der Waals surface area (Å²) in [6, 6.07) is 8.56. The number of aliphatic hydroxyl groups is 1. The first kappa shape index (κ1) is 39.6. The van der Waals surface area contributed by atoms with Gasteiger partial charge in [0.15, 0.2) is 0 Å². The largest absolute Gasteiger partial charge is 0.508 e. The van der Waals surface area contributed by atoms with Gasteiger partial charge in [0.1, 0.15) is 49.6 Å². The number of nitrogens with one attached hydrogen (secondary N) is 2. The third-order valence-corrected chi connectivity index (χ3v) is 5.64. The second kappa shape index (κ2) is 23.0. The SMILES string of the molecule is CC1(C(=O)OCCNC(=O)Nc2ccccc2)COC(=O)OC1.CCOC(=O)C1(C)COC(=O)OC1.COCCO.[3H]CC(=O)CC. The molecule has 0 spiro atoms. The van der Waals surface area contributed by atoms with Gasteiger partial charge in [-0.2, -0.15) is 0 Å². The summed E-state index contributed by atoms with van der Waals surface area (Å²) in [5.74, 6) is -0.937. The van der Waals surface area contributed by atoms with E-state index in [9.17, 15) is 28.8 Å². The Kier molecular flexibility index (Phi) is 19.8. The van der Waals surface area contributed by atoms with Gasteiger partial charge in [-0.15, -0.1) is 0 Å². The number of anilines is 1. The van der Waals surface area contributed by atoms with E-state index in [0.717, 1.165) is 0 Å². The standard InChI is InChI=1S/C15H18N2O6.C8H12O5.C4H8O.C3H8O2/c1-15(9-22-14(20)23-10-15)12(18)21-8-7-16-13(19)17-11-5-3-2-4-6-11;1-3-11-6(9)8(2)4-12-7(10)13-5-8;1-3-4(2)5;1-5-3-2-4/h2-6H,7-10H2,1H3,(H2,16,17,19);3-5H2,1-2H3;3H2,1-2H3;4H,2-3H2,1H3/i;;2T;. The third-order valence-electron chi connectivity index (χ3n) is 5.64.